The number of ketones is 1. The molecule has 1 atom stereocenters. The summed E-state index contributed by atoms with van der Waals surface area (Å²) in [6.45, 7) is 1.66. The van der Waals surface area contributed by atoms with Crippen LogP contribution in [0, 0.1) is 0 Å². The Bertz CT molecular complexity index is 424. The van der Waals surface area contributed by atoms with Crippen LogP contribution in [0.1, 0.15) is 32.6 Å². The van der Waals surface area contributed by atoms with E-state index in [-0.39, 0.29) is 13.0 Å². The molecule has 0 aliphatic heterocycles. The van der Waals surface area contributed by atoms with Gasteiger partial charge in [-0.2, -0.15) is 4.79 Å². The molecule has 0 aromatic rings. The van der Waals surface area contributed by atoms with Gasteiger partial charge in [0.2, 0.25) is 0 Å². The van der Waals surface area contributed by atoms with Crippen molar-refractivity contribution in [1.82, 2.24) is 0 Å². The Labute approximate surface area is 105 Å². The second-order valence-electron chi connectivity index (χ2n) is 4.17. The number of ether oxygens (including phenoxy) is 1. The second-order valence-corrected chi connectivity index (χ2v) is 4.17. The maximum atomic E-state index is 11.8. The molecule has 0 radical (unpaired) electrons. The van der Waals surface area contributed by atoms with Gasteiger partial charge in [-0.15, -0.1) is 0 Å². The van der Waals surface area contributed by atoms with Crippen molar-refractivity contribution < 1.29 is 24.2 Å². The Morgan fingerprint density at radius 1 is 1.56 bits per heavy atom. The molecule has 6 nitrogen and oxygen atoms in total. The lowest BCUT2D eigenvalue weighted by Gasteiger charge is -2.25. The molecular weight excluding hydrogens is 236 g/mol. The summed E-state index contributed by atoms with van der Waals surface area (Å²) < 4.78 is 4.59. The van der Waals surface area contributed by atoms with Crippen molar-refractivity contribution in [3.8, 4) is 0 Å². The van der Waals surface area contributed by atoms with E-state index < -0.39 is 23.1 Å². The van der Waals surface area contributed by atoms with Gasteiger partial charge in [-0.1, -0.05) is 12.2 Å². The molecule has 1 aliphatic rings. The first-order valence-corrected chi connectivity index (χ1v) is 5.85. The number of allylic oxidation sites excluding steroid dienone is 1. The van der Waals surface area contributed by atoms with Crippen LogP contribution in [0.25, 0.3) is 5.53 Å². The number of hydrogen-bond acceptors (Lipinski definition) is 4. The van der Waals surface area contributed by atoms with E-state index in [2.05, 4.69) is 9.53 Å². The molecular formula is C12H16N2O4. The maximum Gasteiger partial charge on any atom is 0.441 e. The van der Waals surface area contributed by atoms with Crippen LogP contribution in [0.4, 0.5) is 0 Å². The van der Waals surface area contributed by atoms with E-state index in [1.54, 1.807) is 19.1 Å². The minimum Gasteiger partial charge on any atom is -0.457 e. The molecule has 0 fully saturated rings. The van der Waals surface area contributed by atoms with E-state index in [1.165, 1.54) is 0 Å². The number of nitrogens with zero attached hydrogens (tertiary/aromatic N) is 2. The first-order valence-electron chi connectivity index (χ1n) is 5.85. The van der Waals surface area contributed by atoms with Crippen LogP contribution in [0.5, 0.6) is 0 Å². The molecule has 1 unspecified atom stereocenters. The highest BCUT2D eigenvalue weighted by Gasteiger charge is 2.37. The summed E-state index contributed by atoms with van der Waals surface area (Å²) in [5.41, 5.74) is 6.73. The van der Waals surface area contributed by atoms with Crippen LogP contribution in [0.15, 0.2) is 12.2 Å². The topological polar surface area (TPSA) is 100 Å². The lowest BCUT2D eigenvalue weighted by atomic mass is 9.86. The van der Waals surface area contributed by atoms with Gasteiger partial charge in [0.05, 0.1) is 18.6 Å². The summed E-state index contributed by atoms with van der Waals surface area (Å²) >= 11 is 0. The number of carbonyl (C=O) groups is 2. The summed E-state index contributed by atoms with van der Waals surface area (Å²) in [6.07, 6.45) is 5.12. The SMILES string of the molecule is CCOC(=O)C(=[N+]=[N-])C(=O)CC1(O)C=CCCC1. The standard InChI is InChI=1S/C12H16N2O4/c1-2-18-11(16)10(14-13)9(15)8-12(17)6-4-3-5-7-12/h4,6,17H,2-3,5,7-8H2,1H3. The fourth-order valence-electron chi connectivity index (χ4n) is 1.83. The van der Waals surface area contributed by atoms with E-state index in [4.69, 9.17) is 5.53 Å². The van der Waals surface area contributed by atoms with E-state index in [1.807, 2.05) is 0 Å². The van der Waals surface area contributed by atoms with Gasteiger partial charge in [-0.3, -0.25) is 4.79 Å². The van der Waals surface area contributed by atoms with Gasteiger partial charge < -0.3 is 15.4 Å². The average Bonchev–Trinajstić information content (AvgIpc) is 2.30. The monoisotopic (exact) mass is 252 g/mol. The van der Waals surface area contributed by atoms with E-state index in [0.29, 0.717) is 6.42 Å². The third-order valence-electron chi connectivity index (χ3n) is 2.71. The third-order valence-corrected chi connectivity index (χ3v) is 2.71. The van der Waals surface area contributed by atoms with Gasteiger partial charge in [0.1, 0.15) is 0 Å². The van der Waals surface area contributed by atoms with E-state index >= 15 is 0 Å². The molecule has 0 amide bonds. The molecule has 0 aromatic carbocycles. The molecule has 0 aromatic heterocycles. The van der Waals surface area contributed by atoms with Crippen molar-refractivity contribution in [3.05, 3.63) is 17.7 Å². The minimum atomic E-state index is -1.27. The van der Waals surface area contributed by atoms with Crippen LogP contribution in [-0.2, 0) is 14.3 Å². The van der Waals surface area contributed by atoms with Gasteiger partial charge in [0.25, 0.3) is 5.78 Å². The number of hydrogen-bond donors (Lipinski definition) is 1. The van der Waals surface area contributed by atoms with Gasteiger partial charge >= 0.3 is 11.7 Å². The van der Waals surface area contributed by atoms with Crippen molar-refractivity contribution in [2.75, 3.05) is 6.61 Å². The number of Topliss-reactive ketones (excluding diaryl/α,β-unsaturated/α-hetero) is 1. The summed E-state index contributed by atoms with van der Waals surface area (Å²) in [6, 6.07) is 0. The smallest absolute Gasteiger partial charge is 0.441 e. The summed E-state index contributed by atoms with van der Waals surface area (Å²) in [7, 11) is 0. The Morgan fingerprint density at radius 2 is 2.28 bits per heavy atom. The number of aliphatic hydroxyl groups is 1. The van der Waals surface area contributed by atoms with Crippen LogP contribution in [-0.4, -0.2) is 39.6 Å². The highest BCUT2D eigenvalue weighted by atomic mass is 16.5. The van der Waals surface area contributed by atoms with Crippen LogP contribution in [0.2, 0.25) is 0 Å². The van der Waals surface area contributed by atoms with Gasteiger partial charge in [-0.25, -0.2) is 4.79 Å². The highest BCUT2D eigenvalue weighted by molar-refractivity contribution is 6.62. The summed E-state index contributed by atoms with van der Waals surface area (Å²) in [5, 5.41) is 10.1. The van der Waals surface area contributed by atoms with Crippen molar-refractivity contribution >= 4 is 17.5 Å². The molecule has 6 heteroatoms. The predicted molar refractivity (Wildman–Crippen MR) is 62.8 cm³/mol. The van der Waals surface area contributed by atoms with Crippen molar-refractivity contribution in [2.24, 2.45) is 0 Å². The summed E-state index contributed by atoms with van der Waals surface area (Å²) in [4.78, 5) is 25.8. The second kappa shape index (κ2) is 6.23. The van der Waals surface area contributed by atoms with Gasteiger partial charge in [-0.05, 0) is 26.2 Å². The minimum absolute atomic E-state index is 0.0787. The molecule has 0 spiro atoms. The molecule has 0 saturated heterocycles. The fourth-order valence-corrected chi connectivity index (χ4v) is 1.83. The fraction of sp³-hybridized carbons (Fsp3) is 0.583. The molecule has 0 bridgehead atoms. The van der Waals surface area contributed by atoms with Gasteiger partial charge in [0.15, 0.2) is 0 Å². The van der Waals surface area contributed by atoms with Crippen LogP contribution in [0.3, 0.4) is 0 Å². The number of esters is 1. The van der Waals surface area contributed by atoms with Crippen molar-refractivity contribution in [1.29, 1.82) is 0 Å². The molecule has 0 heterocycles. The largest absolute Gasteiger partial charge is 0.457 e. The van der Waals surface area contributed by atoms with Gasteiger partial charge in [0, 0.05) is 0 Å². The third kappa shape index (κ3) is 3.61. The van der Waals surface area contributed by atoms with Crippen molar-refractivity contribution in [2.45, 2.75) is 38.2 Å². The zero-order valence-corrected chi connectivity index (χ0v) is 10.3. The van der Waals surface area contributed by atoms with Crippen LogP contribution < -0.4 is 0 Å². The maximum absolute atomic E-state index is 11.8. The lowest BCUT2D eigenvalue weighted by Crippen LogP contribution is -2.36. The predicted octanol–water partition coefficient (Wildman–Crippen LogP) is 0.651. The Morgan fingerprint density at radius 3 is 2.78 bits per heavy atom. The molecule has 18 heavy (non-hydrogen) atoms. The quantitative estimate of drug-likeness (QED) is 0.194. The molecule has 98 valence electrons. The Hall–Kier alpha value is -1.78. The van der Waals surface area contributed by atoms with Crippen LogP contribution >= 0.6 is 0 Å². The van der Waals surface area contributed by atoms with Crippen molar-refractivity contribution in [3.63, 3.8) is 0 Å². The van der Waals surface area contributed by atoms with E-state index in [9.17, 15) is 14.7 Å². The number of rotatable bonds is 5. The zero-order valence-electron chi connectivity index (χ0n) is 10.3. The zero-order chi connectivity index (χ0) is 13.6. The molecule has 1 N–H and O–H groups in total. The number of carbonyl (C=O) groups excluding carboxylic acids is 2. The lowest BCUT2D eigenvalue weighted by molar-refractivity contribution is -0.142. The Kier molecular flexibility index (Phi) is 4.95. The molecule has 1 aliphatic carbocycles. The normalized spacial score (nSPS) is 22.1. The molecule has 0 saturated carbocycles. The van der Waals surface area contributed by atoms with E-state index in [0.717, 1.165) is 12.8 Å². The first-order chi connectivity index (χ1) is 8.52. The first kappa shape index (κ1) is 14.3. The Balaban J connectivity index is 2.75. The average molecular weight is 252 g/mol. The summed E-state index contributed by atoms with van der Waals surface area (Å²) in [5.74, 6) is -1.71. The molecule has 1 rings (SSSR count). The highest BCUT2D eigenvalue weighted by Crippen LogP contribution is 2.25.